The number of methoxy groups -OCH3 is 1. The quantitative estimate of drug-likeness (QED) is 0.783. The van der Waals surface area contributed by atoms with E-state index >= 15 is 0 Å². The molecule has 0 amide bonds. The topological polar surface area (TPSA) is 54.4 Å². The first-order chi connectivity index (χ1) is 8.62. The Bertz CT molecular complexity index is 365. The first kappa shape index (κ1) is 14.8. The number of anilines is 1. The molecular formula is C14H24N2O2. The number of hydrogen-bond acceptors (Lipinski definition) is 4. The molecule has 1 rings (SSSR count). The largest absolute Gasteiger partial charge is 0.493 e. The van der Waals surface area contributed by atoms with Crippen LogP contribution in [0, 0.1) is 12.8 Å². The van der Waals surface area contributed by atoms with Gasteiger partial charge in [0.1, 0.15) is 0 Å². The van der Waals surface area contributed by atoms with E-state index in [1.807, 2.05) is 13.0 Å². The lowest BCUT2D eigenvalue weighted by molar-refractivity contribution is 0.114. The highest BCUT2D eigenvalue weighted by Crippen LogP contribution is 2.24. The fourth-order valence-electron chi connectivity index (χ4n) is 2.06. The normalized spacial score (nSPS) is 12.6. The Hall–Kier alpha value is -1.29. The second-order valence-corrected chi connectivity index (χ2v) is 4.55. The molecule has 1 aromatic rings. The van der Waals surface area contributed by atoms with E-state index < -0.39 is 0 Å². The van der Waals surface area contributed by atoms with Crippen LogP contribution in [0.1, 0.15) is 32.4 Å². The number of aliphatic hydroxyl groups excluding tert-OH is 1. The average molecular weight is 252 g/mol. The third-order valence-electron chi connectivity index (χ3n) is 3.32. The Morgan fingerprint density at radius 3 is 2.61 bits per heavy atom. The maximum Gasteiger partial charge on any atom is 0.160 e. The lowest BCUT2D eigenvalue weighted by atomic mass is 9.96. The minimum absolute atomic E-state index is 0.335. The molecular weight excluding hydrogens is 228 g/mol. The molecule has 0 radical (unpaired) electrons. The lowest BCUT2D eigenvalue weighted by Crippen LogP contribution is -2.27. The molecule has 2 N–H and O–H groups in total. The molecule has 1 aromatic heterocycles. The van der Waals surface area contributed by atoms with Crippen LogP contribution in [-0.2, 0) is 0 Å². The van der Waals surface area contributed by atoms with Crippen molar-refractivity contribution in [1.82, 2.24) is 4.98 Å². The molecule has 0 saturated heterocycles. The summed E-state index contributed by atoms with van der Waals surface area (Å²) in [4.78, 5) is 4.18. The van der Waals surface area contributed by atoms with Gasteiger partial charge in [-0.3, -0.25) is 4.98 Å². The minimum Gasteiger partial charge on any atom is -0.493 e. The zero-order chi connectivity index (χ0) is 13.5. The molecule has 0 aromatic carbocycles. The van der Waals surface area contributed by atoms with Gasteiger partial charge in [-0.2, -0.15) is 0 Å². The molecule has 0 saturated carbocycles. The number of nitrogens with one attached hydrogen (secondary N) is 1. The van der Waals surface area contributed by atoms with E-state index in [1.165, 1.54) is 0 Å². The monoisotopic (exact) mass is 252 g/mol. The number of aryl methyl sites for hydroxylation is 1. The zero-order valence-electron chi connectivity index (χ0n) is 11.7. The van der Waals surface area contributed by atoms with Crippen LogP contribution in [0.2, 0.25) is 0 Å². The molecule has 0 aliphatic heterocycles. The van der Waals surface area contributed by atoms with Crippen molar-refractivity contribution in [3.05, 3.63) is 18.0 Å². The van der Waals surface area contributed by atoms with Crippen LogP contribution in [0.4, 0.5) is 5.69 Å². The molecule has 102 valence electrons. The van der Waals surface area contributed by atoms with Crippen molar-refractivity contribution in [2.75, 3.05) is 19.0 Å². The maximum absolute atomic E-state index is 10.1. The van der Waals surface area contributed by atoms with Crippen molar-refractivity contribution < 1.29 is 9.84 Å². The number of pyridine rings is 1. The second kappa shape index (κ2) is 7.21. The van der Waals surface area contributed by atoms with Crippen LogP contribution >= 0.6 is 0 Å². The van der Waals surface area contributed by atoms with Gasteiger partial charge in [0.05, 0.1) is 25.1 Å². The van der Waals surface area contributed by atoms with E-state index in [0.29, 0.717) is 18.2 Å². The Kier molecular flexibility index (Phi) is 5.92. The number of hydrogen-bond donors (Lipinski definition) is 2. The van der Waals surface area contributed by atoms with Crippen LogP contribution < -0.4 is 10.1 Å². The van der Waals surface area contributed by atoms with E-state index in [4.69, 9.17) is 4.74 Å². The standard InChI is InChI=1S/C14H24N2O2/c1-5-11(6-2)13(17)8-16-12-7-10(3)15-9-14(12)18-4/h7,9,11,13,17H,5-6,8H2,1-4H3,(H,15,16). The molecule has 0 aliphatic carbocycles. The van der Waals surface area contributed by atoms with Gasteiger partial charge in [0.15, 0.2) is 5.75 Å². The molecule has 0 spiro atoms. The van der Waals surface area contributed by atoms with Gasteiger partial charge in [-0.25, -0.2) is 0 Å². The van der Waals surface area contributed by atoms with E-state index in [0.717, 1.165) is 24.2 Å². The Morgan fingerprint density at radius 2 is 2.06 bits per heavy atom. The van der Waals surface area contributed by atoms with E-state index in [2.05, 4.69) is 24.1 Å². The predicted molar refractivity (Wildman–Crippen MR) is 74.1 cm³/mol. The molecule has 1 heterocycles. The molecule has 0 fully saturated rings. The fourth-order valence-corrected chi connectivity index (χ4v) is 2.06. The fraction of sp³-hybridized carbons (Fsp3) is 0.643. The van der Waals surface area contributed by atoms with Crippen molar-refractivity contribution in [2.45, 2.75) is 39.7 Å². The Labute approximate surface area is 109 Å². The summed E-state index contributed by atoms with van der Waals surface area (Å²) in [6, 6.07) is 1.93. The number of ether oxygens (including phenoxy) is 1. The minimum atomic E-state index is -0.335. The third kappa shape index (κ3) is 3.88. The smallest absolute Gasteiger partial charge is 0.160 e. The van der Waals surface area contributed by atoms with Crippen LogP contribution in [0.15, 0.2) is 12.3 Å². The summed E-state index contributed by atoms with van der Waals surface area (Å²) < 4.78 is 5.24. The highest BCUT2D eigenvalue weighted by molar-refractivity contribution is 5.55. The van der Waals surface area contributed by atoms with Crippen molar-refractivity contribution in [1.29, 1.82) is 0 Å². The number of aliphatic hydroxyl groups is 1. The molecule has 1 atom stereocenters. The highest BCUT2D eigenvalue weighted by atomic mass is 16.5. The van der Waals surface area contributed by atoms with Crippen molar-refractivity contribution in [3.8, 4) is 5.75 Å². The summed E-state index contributed by atoms with van der Waals surface area (Å²) in [6.45, 7) is 6.68. The molecule has 1 unspecified atom stereocenters. The van der Waals surface area contributed by atoms with Crippen molar-refractivity contribution in [3.63, 3.8) is 0 Å². The molecule has 0 aliphatic rings. The first-order valence-corrected chi connectivity index (χ1v) is 6.54. The van der Waals surface area contributed by atoms with Gasteiger partial charge >= 0.3 is 0 Å². The number of aromatic nitrogens is 1. The Morgan fingerprint density at radius 1 is 1.39 bits per heavy atom. The van der Waals surface area contributed by atoms with E-state index in [1.54, 1.807) is 13.3 Å². The van der Waals surface area contributed by atoms with Gasteiger partial charge in [-0.05, 0) is 18.9 Å². The molecule has 0 bridgehead atoms. The average Bonchev–Trinajstić information content (AvgIpc) is 2.38. The number of nitrogens with zero attached hydrogens (tertiary/aromatic N) is 1. The van der Waals surface area contributed by atoms with Gasteiger partial charge in [-0.1, -0.05) is 26.7 Å². The summed E-state index contributed by atoms with van der Waals surface area (Å²) in [7, 11) is 1.62. The summed E-state index contributed by atoms with van der Waals surface area (Å²) in [5.41, 5.74) is 1.81. The van der Waals surface area contributed by atoms with Gasteiger partial charge in [0, 0.05) is 12.2 Å². The van der Waals surface area contributed by atoms with Crippen LogP contribution in [0.25, 0.3) is 0 Å². The Balaban J connectivity index is 2.65. The van der Waals surface area contributed by atoms with E-state index in [-0.39, 0.29) is 6.10 Å². The van der Waals surface area contributed by atoms with Crippen molar-refractivity contribution >= 4 is 5.69 Å². The highest BCUT2D eigenvalue weighted by Gasteiger charge is 2.15. The summed E-state index contributed by atoms with van der Waals surface area (Å²) in [5, 5.41) is 13.3. The third-order valence-corrected chi connectivity index (χ3v) is 3.32. The van der Waals surface area contributed by atoms with Gasteiger partial charge in [-0.15, -0.1) is 0 Å². The maximum atomic E-state index is 10.1. The zero-order valence-corrected chi connectivity index (χ0v) is 11.7. The van der Waals surface area contributed by atoms with Crippen LogP contribution in [0.5, 0.6) is 5.75 Å². The summed E-state index contributed by atoms with van der Waals surface area (Å²) >= 11 is 0. The molecule has 18 heavy (non-hydrogen) atoms. The summed E-state index contributed by atoms with van der Waals surface area (Å²) in [5.74, 6) is 1.05. The SMILES string of the molecule is CCC(CC)C(O)CNc1cc(C)ncc1OC. The lowest BCUT2D eigenvalue weighted by Gasteiger charge is -2.21. The van der Waals surface area contributed by atoms with Gasteiger partial charge in [0.2, 0.25) is 0 Å². The van der Waals surface area contributed by atoms with Gasteiger partial charge < -0.3 is 15.2 Å². The number of rotatable bonds is 7. The molecule has 4 heteroatoms. The van der Waals surface area contributed by atoms with Crippen molar-refractivity contribution in [2.24, 2.45) is 5.92 Å². The van der Waals surface area contributed by atoms with Crippen LogP contribution in [-0.4, -0.2) is 29.8 Å². The second-order valence-electron chi connectivity index (χ2n) is 4.55. The van der Waals surface area contributed by atoms with E-state index in [9.17, 15) is 5.11 Å². The first-order valence-electron chi connectivity index (χ1n) is 6.54. The van der Waals surface area contributed by atoms with Gasteiger partial charge in [0.25, 0.3) is 0 Å². The molecule has 4 nitrogen and oxygen atoms in total. The summed E-state index contributed by atoms with van der Waals surface area (Å²) in [6.07, 6.45) is 3.34. The predicted octanol–water partition coefficient (Wildman–Crippen LogP) is 2.61. The van der Waals surface area contributed by atoms with Crippen LogP contribution in [0.3, 0.4) is 0 Å².